The summed E-state index contributed by atoms with van der Waals surface area (Å²) in [5.41, 5.74) is 10.1. The van der Waals surface area contributed by atoms with Gasteiger partial charge in [-0.1, -0.05) is 166 Å². The molecule has 0 aromatic carbocycles. The van der Waals surface area contributed by atoms with E-state index >= 15 is 0 Å². The number of pyridine rings is 2. The summed E-state index contributed by atoms with van der Waals surface area (Å²) in [5, 5.41) is 18.5. The van der Waals surface area contributed by atoms with Crippen molar-refractivity contribution in [1.29, 1.82) is 0 Å². The van der Waals surface area contributed by atoms with Crippen LogP contribution < -0.4 is 0 Å². The highest BCUT2D eigenvalue weighted by molar-refractivity contribution is 5.73. The molecule has 7 nitrogen and oxygen atoms in total. The van der Waals surface area contributed by atoms with Gasteiger partial charge in [0.1, 0.15) is 6.10 Å². The molecule has 0 bridgehead atoms. The van der Waals surface area contributed by atoms with E-state index in [1.807, 2.05) is 18.6 Å². The molecule has 0 radical (unpaired) electrons. The van der Waals surface area contributed by atoms with Crippen LogP contribution in [0.25, 0.3) is 11.1 Å². The molecule has 12 atom stereocenters. The Balaban J connectivity index is 0.000000170. The lowest BCUT2D eigenvalue weighted by molar-refractivity contribution is -0.151. The fourth-order valence-electron chi connectivity index (χ4n) is 17.1. The van der Waals surface area contributed by atoms with Crippen LogP contribution in [0.5, 0.6) is 0 Å². The largest absolute Gasteiger partial charge is 0.481 e. The third-order valence-electron chi connectivity index (χ3n) is 21.5. The maximum atomic E-state index is 12.6. The van der Waals surface area contributed by atoms with Crippen LogP contribution in [-0.4, -0.2) is 44.3 Å². The molecule has 8 aliphatic carbocycles. The first kappa shape index (κ1) is 57.3. The second kappa shape index (κ2) is 26.2. The Morgan fingerprint density at radius 1 is 0.547 bits per heavy atom. The molecule has 10 rings (SSSR count). The summed E-state index contributed by atoms with van der Waals surface area (Å²) in [6.45, 7) is 14.6. The van der Waals surface area contributed by atoms with E-state index in [0.29, 0.717) is 23.7 Å². The minimum Gasteiger partial charge on any atom is -0.481 e. The lowest BCUT2D eigenvalue weighted by Crippen LogP contribution is -2.50. The van der Waals surface area contributed by atoms with Gasteiger partial charge < -0.3 is 14.9 Å². The summed E-state index contributed by atoms with van der Waals surface area (Å²) in [6, 6.07) is 8.63. The second-order valence-electron chi connectivity index (χ2n) is 26.0. The number of carbonyl (C=O) groups is 2. The predicted octanol–water partition coefficient (Wildman–Crippen LogP) is 17.7. The van der Waals surface area contributed by atoms with Gasteiger partial charge in [-0.3, -0.25) is 19.6 Å². The van der Waals surface area contributed by atoms with E-state index in [1.54, 1.807) is 22.3 Å². The predicted molar refractivity (Wildman–Crippen MR) is 307 cm³/mol. The van der Waals surface area contributed by atoms with Gasteiger partial charge in [0.2, 0.25) is 0 Å². The number of hydrogen-bond donors (Lipinski definition) is 2. The third-order valence-corrected chi connectivity index (χ3v) is 21.5. The van der Waals surface area contributed by atoms with Gasteiger partial charge >= 0.3 is 11.9 Å². The van der Waals surface area contributed by atoms with Crippen LogP contribution in [0.15, 0.2) is 84.5 Å². The normalized spacial score (nSPS) is 34.1. The molecule has 412 valence electrons. The Hall–Kier alpha value is -3.84. The summed E-state index contributed by atoms with van der Waals surface area (Å²) < 4.78 is 6.02. The number of aliphatic hydroxyl groups excluding tert-OH is 1. The number of aliphatic carboxylic acids is 1. The van der Waals surface area contributed by atoms with Crippen molar-refractivity contribution < 1.29 is 24.5 Å². The van der Waals surface area contributed by atoms with Crippen LogP contribution >= 0.6 is 0 Å². The molecule has 2 aromatic rings. The Kier molecular flexibility index (Phi) is 20.0. The van der Waals surface area contributed by atoms with Crippen molar-refractivity contribution in [2.45, 2.75) is 246 Å². The Morgan fingerprint density at radius 2 is 1.00 bits per heavy atom. The van der Waals surface area contributed by atoms with Crippen molar-refractivity contribution in [3.05, 3.63) is 95.6 Å². The first-order valence-electron chi connectivity index (χ1n) is 31.0. The van der Waals surface area contributed by atoms with Gasteiger partial charge in [-0.2, -0.15) is 0 Å². The maximum absolute atomic E-state index is 12.6. The van der Waals surface area contributed by atoms with E-state index in [0.717, 1.165) is 86.9 Å². The fourth-order valence-corrected chi connectivity index (χ4v) is 17.1. The topological polar surface area (TPSA) is 110 Å². The Bertz CT molecular complexity index is 2300. The number of carbonyl (C=O) groups excluding carboxylic acids is 1. The van der Waals surface area contributed by atoms with Gasteiger partial charge in [-0.05, 0) is 188 Å². The van der Waals surface area contributed by atoms with Crippen molar-refractivity contribution in [2.75, 3.05) is 0 Å². The Labute approximate surface area is 454 Å². The number of carboxylic acids is 1. The monoisotopic (exact) mass is 1020 g/mol. The smallest absolute Gasteiger partial charge is 0.306 e. The van der Waals surface area contributed by atoms with Crippen LogP contribution in [0.2, 0.25) is 0 Å². The molecular formula is C68H100N2O5. The van der Waals surface area contributed by atoms with Crippen LogP contribution in [0.1, 0.15) is 245 Å². The standard InChI is InChI=1S/C34H49NO2.C24H31NO.C10H20O2/c1-4-5-6-7-8-9-10-13-32(36)37-27-18-20-33(2)26(23-27)14-15-28-30-17-16-29(25-12-11-22-35-24-25)34(30,3)21-19-31(28)33;1-23-11-9-18(26)14-17(23)5-6-19-21-8-7-20(16-4-3-13-25-15-16)24(21,2)12-10-22(19)23;1-2-3-4-5-6-7-8-9-10(11)12/h11-12,14,16,22,24,27-28,30-31H,4-10,13,15,17-21,23H2,1-3H3;3-5,7,13,15,18-19,21-22,26H,6,8-12,14H2,1-2H3;2-9H2,1H3,(H,11,12)/t27?,28?,30?,31?,33-,34+;18?,19?,21?,22?,23-,24+;/m00./s1. The number of nitrogens with zero attached hydrogens (tertiary/aromatic N) is 2. The average Bonchev–Trinajstić information content (AvgIpc) is 3.99. The lowest BCUT2D eigenvalue weighted by atomic mass is 9.47. The van der Waals surface area contributed by atoms with Gasteiger partial charge in [-0.15, -0.1) is 0 Å². The first-order valence-corrected chi connectivity index (χ1v) is 31.0. The molecule has 2 N–H and O–H groups in total. The zero-order chi connectivity index (χ0) is 53.1. The number of esters is 1. The van der Waals surface area contributed by atoms with Gasteiger partial charge in [-0.25, -0.2) is 0 Å². The zero-order valence-electron chi connectivity index (χ0n) is 47.8. The molecule has 4 fully saturated rings. The second-order valence-corrected chi connectivity index (χ2v) is 26.0. The van der Waals surface area contributed by atoms with Gasteiger partial charge in [0.25, 0.3) is 0 Å². The average molecular weight is 1030 g/mol. The summed E-state index contributed by atoms with van der Waals surface area (Å²) in [4.78, 5) is 31.5. The number of aliphatic hydroxyl groups is 1. The summed E-state index contributed by atoms with van der Waals surface area (Å²) in [6.07, 6.45) is 52.2. The number of hydrogen-bond acceptors (Lipinski definition) is 6. The molecule has 2 aromatic heterocycles. The highest BCUT2D eigenvalue weighted by atomic mass is 16.5. The third kappa shape index (κ3) is 13.0. The molecule has 0 saturated heterocycles. The van der Waals surface area contributed by atoms with E-state index in [2.05, 4.69) is 106 Å². The van der Waals surface area contributed by atoms with Crippen LogP contribution in [0.4, 0.5) is 0 Å². The van der Waals surface area contributed by atoms with Crippen molar-refractivity contribution in [3.63, 3.8) is 0 Å². The molecule has 75 heavy (non-hydrogen) atoms. The van der Waals surface area contributed by atoms with Crippen molar-refractivity contribution in [1.82, 2.24) is 9.97 Å². The van der Waals surface area contributed by atoms with Crippen molar-refractivity contribution in [3.8, 4) is 0 Å². The van der Waals surface area contributed by atoms with Gasteiger partial charge in [0.05, 0.1) is 6.10 Å². The van der Waals surface area contributed by atoms with Crippen LogP contribution in [-0.2, 0) is 14.3 Å². The van der Waals surface area contributed by atoms with Crippen LogP contribution in [0, 0.1) is 57.2 Å². The first-order chi connectivity index (χ1) is 36.2. The summed E-state index contributed by atoms with van der Waals surface area (Å²) >= 11 is 0. The number of fused-ring (bicyclic) bond motifs is 10. The molecule has 2 heterocycles. The molecule has 7 heteroatoms. The zero-order valence-corrected chi connectivity index (χ0v) is 47.8. The van der Waals surface area contributed by atoms with Crippen LogP contribution in [0.3, 0.4) is 0 Å². The maximum Gasteiger partial charge on any atom is 0.306 e. The van der Waals surface area contributed by atoms with Gasteiger partial charge in [0.15, 0.2) is 0 Å². The van der Waals surface area contributed by atoms with E-state index in [-0.39, 0.29) is 29.0 Å². The molecular weight excluding hydrogens is 925 g/mol. The lowest BCUT2D eigenvalue weighted by Gasteiger charge is -2.57. The fraction of sp³-hybridized carbons (Fsp3) is 0.706. The van der Waals surface area contributed by atoms with Gasteiger partial charge in [0, 0.05) is 44.0 Å². The molecule has 8 aliphatic rings. The number of allylic oxidation sites excluding steroid dienone is 6. The summed E-state index contributed by atoms with van der Waals surface area (Å²) in [5.74, 6) is 3.98. The number of carboxylic acid groups (broad SMARTS) is 1. The molecule has 8 unspecified atom stereocenters. The Morgan fingerprint density at radius 3 is 1.48 bits per heavy atom. The van der Waals surface area contributed by atoms with E-state index in [9.17, 15) is 14.7 Å². The molecule has 4 saturated carbocycles. The van der Waals surface area contributed by atoms with E-state index < -0.39 is 5.97 Å². The minimum absolute atomic E-state index is 0.0323. The minimum atomic E-state index is -0.663. The number of aromatic nitrogens is 2. The van der Waals surface area contributed by atoms with Crippen molar-refractivity contribution in [2.24, 2.45) is 57.2 Å². The number of rotatable bonds is 19. The number of unbranched alkanes of at least 4 members (excludes halogenated alkanes) is 12. The summed E-state index contributed by atoms with van der Waals surface area (Å²) in [7, 11) is 0. The molecule has 0 spiro atoms. The van der Waals surface area contributed by atoms with E-state index in [1.165, 1.54) is 140 Å². The number of ether oxygens (including phenoxy) is 1. The van der Waals surface area contributed by atoms with Crippen molar-refractivity contribution >= 4 is 23.1 Å². The molecule has 0 amide bonds. The quantitative estimate of drug-likeness (QED) is 0.0819. The SMILES string of the molecule is CCCCCCCCCC(=O)O.CCCCCCCCCC(=O)OC1CC[C@@]2(C)C(=CCC3C2CC[C@]2(C)C(c4cccnc4)=CCC32)C1.C[C@]12CCC(O)CC1=CCC1C2CC[C@]2(C)C(c3cccnc3)=CCC12. The van der Waals surface area contributed by atoms with E-state index in [4.69, 9.17) is 9.84 Å². The highest BCUT2D eigenvalue weighted by Crippen LogP contribution is 2.68. The molecule has 0 aliphatic heterocycles. The highest BCUT2D eigenvalue weighted by Gasteiger charge is 2.58.